The topological polar surface area (TPSA) is 73.9 Å². The van der Waals surface area contributed by atoms with Crippen molar-refractivity contribution in [2.45, 2.75) is 0 Å². The van der Waals surface area contributed by atoms with Gasteiger partial charge in [-0.1, -0.05) is 72.8 Å². The summed E-state index contributed by atoms with van der Waals surface area (Å²) in [6.45, 7) is 0. The van der Waals surface area contributed by atoms with Crippen LogP contribution in [0.2, 0.25) is 0 Å². The lowest BCUT2D eigenvalue weighted by Crippen LogP contribution is -1.93. The number of rotatable bonds is 3. The molecule has 0 spiro atoms. The Balaban J connectivity index is 1.43. The molecule has 42 heavy (non-hydrogen) atoms. The Kier molecular flexibility index (Phi) is 5.22. The van der Waals surface area contributed by atoms with Gasteiger partial charge in [-0.25, -0.2) is 0 Å². The molecule has 2 aromatic heterocycles. The van der Waals surface area contributed by atoms with Crippen LogP contribution in [0.25, 0.3) is 77.3 Å². The second-order valence-electron chi connectivity index (χ2n) is 10.3. The van der Waals surface area contributed by atoms with E-state index >= 15 is 0 Å². The van der Waals surface area contributed by atoms with E-state index in [4.69, 9.17) is 8.83 Å². The van der Waals surface area contributed by atoms with E-state index in [1.807, 2.05) is 91.0 Å². The number of benzene rings is 6. The van der Waals surface area contributed by atoms with E-state index in [1.165, 1.54) is 0 Å². The standard InChI is InChI=1S/C38H20N2O2/c39-21-23-12-14-24(15-13-23)26-18-32(25-16-17-29-27-6-1-3-10-35(27)41-37(29)20-25)34(22-40)33(19-26)31-9-5-8-30-28-7-2-4-11-36(28)42-38(30)31/h1-20H. The summed E-state index contributed by atoms with van der Waals surface area (Å²) in [5.74, 6) is 0. The first-order chi connectivity index (χ1) is 20.7. The molecule has 6 aromatic carbocycles. The summed E-state index contributed by atoms with van der Waals surface area (Å²) < 4.78 is 12.6. The monoisotopic (exact) mass is 536 g/mol. The van der Waals surface area contributed by atoms with Crippen molar-refractivity contribution in [3.8, 4) is 45.5 Å². The van der Waals surface area contributed by atoms with Crippen molar-refractivity contribution in [1.82, 2.24) is 0 Å². The van der Waals surface area contributed by atoms with E-state index in [-0.39, 0.29) is 0 Å². The average Bonchev–Trinajstić information content (AvgIpc) is 3.62. The molecule has 0 aliphatic rings. The molecule has 0 saturated carbocycles. The van der Waals surface area contributed by atoms with Gasteiger partial charge in [0.1, 0.15) is 28.4 Å². The molecule has 0 bridgehead atoms. The number of para-hydroxylation sites is 3. The zero-order valence-corrected chi connectivity index (χ0v) is 22.3. The molecule has 4 nitrogen and oxygen atoms in total. The second kappa shape index (κ2) is 9.24. The molecular weight excluding hydrogens is 516 g/mol. The molecule has 8 rings (SSSR count). The van der Waals surface area contributed by atoms with Crippen LogP contribution in [0.1, 0.15) is 11.1 Å². The van der Waals surface area contributed by atoms with E-state index in [0.717, 1.165) is 77.3 Å². The highest BCUT2D eigenvalue weighted by molar-refractivity contribution is 6.11. The smallest absolute Gasteiger partial charge is 0.143 e. The van der Waals surface area contributed by atoms with Gasteiger partial charge in [-0.15, -0.1) is 0 Å². The van der Waals surface area contributed by atoms with Crippen molar-refractivity contribution in [1.29, 1.82) is 10.5 Å². The van der Waals surface area contributed by atoms with Gasteiger partial charge in [0.25, 0.3) is 0 Å². The third kappa shape index (κ3) is 3.60. The van der Waals surface area contributed by atoms with E-state index in [2.05, 4.69) is 42.5 Å². The zero-order valence-electron chi connectivity index (χ0n) is 22.3. The molecule has 0 atom stereocenters. The maximum Gasteiger partial charge on any atom is 0.143 e. The number of furan rings is 2. The summed E-state index contributed by atoms with van der Waals surface area (Å²) in [6.07, 6.45) is 0. The van der Waals surface area contributed by atoms with Crippen LogP contribution in [0.15, 0.2) is 130 Å². The number of nitriles is 2. The van der Waals surface area contributed by atoms with Crippen molar-refractivity contribution in [2.24, 2.45) is 0 Å². The molecule has 0 N–H and O–H groups in total. The lowest BCUT2D eigenvalue weighted by molar-refractivity contribution is 0.669. The summed E-state index contributed by atoms with van der Waals surface area (Å²) in [4.78, 5) is 0. The highest BCUT2D eigenvalue weighted by Crippen LogP contribution is 2.42. The molecule has 194 valence electrons. The van der Waals surface area contributed by atoms with Crippen LogP contribution in [0, 0.1) is 22.7 Å². The van der Waals surface area contributed by atoms with E-state index in [1.54, 1.807) is 0 Å². The van der Waals surface area contributed by atoms with Gasteiger partial charge in [-0.05, 0) is 65.2 Å². The van der Waals surface area contributed by atoms with Crippen molar-refractivity contribution in [2.75, 3.05) is 0 Å². The second-order valence-corrected chi connectivity index (χ2v) is 10.3. The highest BCUT2D eigenvalue weighted by atomic mass is 16.3. The Hall–Kier alpha value is -6.10. The van der Waals surface area contributed by atoms with Crippen LogP contribution in [0.3, 0.4) is 0 Å². The summed E-state index contributed by atoms with van der Waals surface area (Å²) in [7, 11) is 0. The van der Waals surface area contributed by atoms with Crippen molar-refractivity contribution in [3.05, 3.63) is 132 Å². The quantitative estimate of drug-likeness (QED) is 0.225. The fourth-order valence-electron chi connectivity index (χ4n) is 5.96. The van der Waals surface area contributed by atoms with Crippen molar-refractivity contribution < 1.29 is 8.83 Å². The lowest BCUT2D eigenvalue weighted by Gasteiger charge is -2.15. The molecule has 0 fully saturated rings. The summed E-state index contributed by atoms with van der Waals surface area (Å²) >= 11 is 0. The highest BCUT2D eigenvalue weighted by Gasteiger charge is 2.20. The number of fused-ring (bicyclic) bond motifs is 6. The van der Waals surface area contributed by atoms with Gasteiger partial charge in [-0.2, -0.15) is 10.5 Å². The average molecular weight is 537 g/mol. The van der Waals surface area contributed by atoms with Crippen LogP contribution < -0.4 is 0 Å². The van der Waals surface area contributed by atoms with Crippen molar-refractivity contribution >= 4 is 43.9 Å². The summed E-state index contributed by atoms with van der Waals surface area (Å²) in [5.41, 5.74) is 9.47. The Bertz CT molecular complexity index is 2430. The first-order valence-corrected chi connectivity index (χ1v) is 13.6. The number of nitrogens with zero attached hydrogens (tertiary/aromatic N) is 2. The van der Waals surface area contributed by atoms with E-state index < -0.39 is 0 Å². The van der Waals surface area contributed by atoms with Crippen LogP contribution in [-0.4, -0.2) is 0 Å². The Morgan fingerprint density at radius 3 is 1.83 bits per heavy atom. The summed E-state index contributed by atoms with van der Waals surface area (Å²) in [6, 6.07) is 44.5. The molecule has 0 radical (unpaired) electrons. The number of hydrogen-bond acceptors (Lipinski definition) is 4. The molecule has 0 saturated heterocycles. The predicted octanol–water partition coefficient (Wildman–Crippen LogP) is 10.2. The molecule has 8 aromatic rings. The first kappa shape index (κ1) is 23.8. The first-order valence-electron chi connectivity index (χ1n) is 13.6. The number of hydrogen-bond donors (Lipinski definition) is 0. The third-order valence-electron chi connectivity index (χ3n) is 7.98. The van der Waals surface area contributed by atoms with Gasteiger partial charge < -0.3 is 8.83 Å². The van der Waals surface area contributed by atoms with Gasteiger partial charge in [0.2, 0.25) is 0 Å². The fraction of sp³-hybridized carbons (Fsp3) is 0. The minimum absolute atomic E-state index is 0.552. The largest absolute Gasteiger partial charge is 0.456 e. The molecule has 0 amide bonds. The Labute approximate surface area is 240 Å². The predicted molar refractivity (Wildman–Crippen MR) is 167 cm³/mol. The molecule has 2 heterocycles. The molecule has 0 aliphatic heterocycles. The van der Waals surface area contributed by atoms with Gasteiger partial charge in [0, 0.05) is 38.2 Å². The van der Waals surface area contributed by atoms with Crippen LogP contribution in [0.5, 0.6) is 0 Å². The van der Waals surface area contributed by atoms with Crippen LogP contribution in [-0.2, 0) is 0 Å². The van der Waals surface area contributed by atoms with Crippen LogP contribution in [0.4, 0.5) is 0 Å². The zero-order chi connectivity index (χ0) is 28.2. The maximum absolute atomic E-state index is 10.7. The minimum atomic E-state index is 0.552. The van der Waals surface area contributed by atoms with Crippen molar-refractivity contribution in [3.63, 3.8) is 0 Å². The lowest BCUT2D eigenvalue weighted by atomic mass is 9.87. The van der Waals surface area contributed by atoms with Gasteiger partial charge in [0.15, 0.2) is 0 Å². The molecule has 0 aliphatic carbocycles. The maximum atomic E-state index is 10.7. The SMILES string of the molecule is N#Cc1ccc(-c2cc(-c3ccc4c(c3)oc3ccccc34)c(C#N)c(-c3cccc4c3oc3ccccc34)c2)cc1. The Morgan fingerprint density at radius 1 is 0.429 bits per heavy atom. The third-order valence-corrected chi connectivity index (χ3v) is 7.98. The molecular formula is C38H20N2O2. The van der Waals surface area contributed by atoms with Gasteiger partial charge in [0.05, 0.1) is 17.2 Å². The minimum Gasteiger partial charge on any atom is -0.456 e. The molecule has 0 unspecified atom stereocenters. The van der Waals surface area contributed by atoms with E-state index in [0.29, 0.717) is 11.1 Å². The summed E-state index contributed by atoms with van der Waals surface area (Å²) in [5, 5.41) is 24.1. The Morgan fingerprint density at radius 2 is 1.07 bits per heavy atom. The van der Waals surface area contributed by atoms with Gasteiger partial charge in [-0.3, -0.25) is 0 Å². The van der Waals surface area contributed by atoms with Crippen LogP contribution >= 0.6 is 0 Å². The molecule has 4 heteroatoms. The van der Waals surface area contributed by atoms with Gasteiger partial charge >= 0.3 is 0 Å². The normalized spacial score (nSPS) is 11.3. The van der Waals surface area contributed by atoms with E-state index in [9.17, 15) is 10.5 Å². The fourth-order valence-corrected chi connectivity index (χ4v) is 5.96.